The van der Waals surface area contributed by atoms with Crippen LogP contribution in [0.15, 0.2) is 36.4 Å². The fourth-order valence-corrected chi connectivity index (χ4v) is 2.11. The van der Waals surface area contributed by atoms with Crippen molar-refractivity contribution in [3.05, 3.63) is 70.0 Å². The maximum absolute atomic E-state index is 13.5. The molecule has 2 N–H and O–H groups in total. The summed E-state index contributed by atoms with van der Waals surface area (Å²) in [5.74, 6) is -1.85. The van der Waals surface area contributed by atoms with Crippen molar-refractivity contribution in [3.63, 3.8) is 0 Å². The second-order valence-corrected chi connectivity index (χ2v) is 4.58. The topological polar surface area (TPSA) is 26.0 Å². The first-order chi connectivity index (χ1) is 8.99. The van der Waals surface area contributed by atoms with Crippen molar-refractivity contribution in [1.82, 2.24) is 0 Å². The quantitative estimate of drug-likeness (QED) is 0.906. The van der Waals surface area contributed by atoms with Crippen LogP contribution in [0.25, 0.3) is 0 Å². The number of rotatable bonds is 3. The lowest BCUT2D eigenvalue weighted by atomic mass is 9.99. The van der Waals surface area contributed by atoms with Gasteiger partial charge < -0.3 is 5.73 Å². The maximum atomic E-state index is 13.5. The lowest BCUT2D eigenvalue weighted by Gasteiger charge is -2.15. The zero-order chi connectivity index (χ0) is 14.0. The molecule has 0 aliphatic heterocycles. The summed E-state index contributed by atoms with van der Waals surface area (Å²) >= 11 is 5.90. The molecule has 2 aromatic carbocycles. The molecule has 2 rings (SSSR count). The average Bonchev–Trinajstić information content (AvgIpc) is 2.37. The maximum Gasteiger partial charge on any atom is 0.129 e. The molecule has 0 amide bonds. The van der Waals surface area contributed by atoms with Crippen LogP contribution >= 0.6 is 11.6 Å². The summed E-state index contributed by atoms with van der Waals surface area (Å²) in [5, 5.41) is 0.269. The second-order valence-electron chi connectivity index (χ2n) is 4.18. The first-order valence-electron chi connectivity index (χ1n) is 5.62. The zero-order valence-electron chi connectivity index (χ0n) is 9.84. The smallest absolute Gasteiger partial charge is 0.129 e. The molecule has 5 heteroatoms. The van der Waals surface area contributed by atoms with Gasteiger partial charge in [-0.25, -0.2) is 13.2 Å². The highest BCUT2D eigenvalue weighted by molar-refractivity contribution is 6.31. The van der Waals surface area contributed by atoms with Gasteiger partial charge in [0.2, 0.25) is 0 Å². The molecule has 0 bridgehead atoms. The van der Waals surface area contributed by atoms with E-state index in [4.69, 9.17) is 17.3 Å². The SMILES string of the molecule is NC(Cc1c(F)cccc1F)c1cc(F)ccc1Cl. The van der Waals surface area contributed by atoms with Crippen LogP contribution in [0.2, 0.25) is 5.02 Å². The van der Waals surface area contributed by atoms with Gasteiger partial charge in [-0.1, -0.05) is 17.7 Å². The van der Waals surface area contributed by atoms with Crippen LogP contribution in [0.4, 0.5) is 13.2 Å². The Kier molecular flexibility index (Phi) is 4.12. The highest BCUT2D eigenvalue weighted by Gasteiger charge is 2.16. The Balaban J connectivity index is 2.31. The number of benzene rings is 2. The predicted octanol–water partition coefficient (Wildman–Crippen LogP) is 4.00. The Bertz CT molecular complexity index is 581. The van der Waals surface area contributed by atoms with Crippen LogP contribution in [0.1, 0.15) is 17.2 Å². The molecule has 0 aliphatic rings. The predicted molar refractivity (Wildman–Crippen MR) is 68.4 cm³/mol. The molecule has 0 radical (unpaired) electrons. The van der Waals surface area contributed by atoms with Gasteiger partial charge in [-0.05, 0) is 42.3 Å². The molecule has 2 aromatic rings. The molecule has 0 aliphatic carbocycles. The molecule has 0 aromatic heterocycles. The molecular formula is C14H11ClF3N. The van der Waals surface area contributed by atoms with E-state index in [2.05, 4.69) is 0 Å². The van der Waals surface area contributed by atoms with Gasteiger partial charge in [-0.3, -0.25) is 0 Å². The van der Waals surface area contributed by atoms with Crippen LogP contribution in [-0.4, -0.2) is 0 Å². The molecule has 0 heterocycles. The van der Waals surface area contributed by atoms with Crippen molar-refractivity contribution < 1.29 is 13.2 Å². The number of hydrogen-bond donors (Lipinski definition) is 1. The van der Waals surface area contributed by atoms with E-state index in [1.54, 1.807) is 0 Å². The number of nitrogens with two attached hydrogens (primary N) is 1. The van der Waals surface area contributed by atoms with Crippen molar-refractivity contribution in [2.24, 2.45) is 5.73 Å². The summed E-state index contributed by atoms with van der Waals surface area (Å²) in [4.78, 5) is 0. The molecule has 100 valence electrons. The van der Waals surface area contributed by atoms with Gasteiger partial charge in [0.25, 0.3) is 0 Å². The van der Waals surface area contributed by atoms with E-state index in [0.717, 1.165) is 12.1 Å². The molecular weight excluding hydrogens is 275 g/mol. The van der Waals surface area contributed by atoms with Crippen LogP contribution < -0.4 is 5.73 Å². The summed E-state index contributed by atoms with van der Waals surface area (Å²) < 4.78 is 40.1. The molecule has 19 heavy (non-hydrogen) atoms. The Labute approximate surface area is 113 Å². The minimum atomic E-state index is -0.783. The molecule has 1 atom stereocenters. The van der Waals surface area contributed by atoms with Crippen LogP contribution in [-0.2, 0) is 6.42 Å². The standard InChI is InChI=1S/C14H11ClF3N/c15-11-5-4-8(16)6-9(11)14(19)7-10-12(17)2-1-3-13(10)18/h1-6,14H,7,19H2. The average molecular weight is 286 g/mol. The van der Waals surface area contributed by atoms with Crippen LogP contribution in [0.5, 0.6) is 0 Å². The van der Waals surface area contributed by atoms with E-state index in [9.17, 15) is 13.2 Å². The Morgan fingerprint density at radius 1 is 1.05 bits per heavy atom. The van der Waals surface area contributed by atoms with Gasteiger partial charge in [0.1, 0.15) is 17.5 Å². The van der Waals surface area contributed by atoms with Crippen molar-refractivity contribution in [2.45, 2.75) is 12.5 Å². The lowest BCUT2D eigenvalue weighted by Crippen LogP contribution is -2.16. The highest BCUT2D eigenvalue weighted by atomic mass is 35.5. The van der Waals surface area contributed by atoms with Gasteiger partial charge in [-0.2, -0.15) is 0 Å². The highest BCUT2D eigenvalue weighted by Crippen LogP contribution is 2.26. The Morgan fingerprint density at radius 3 is 2.32 bits per heavy atom. The van der Waals surface area contributed by atoms with Gasteiger partial charge in [0.05, 0.1) is 0 Å². The van der Waals surface area contributed by atoms with Crippen LogP contribution in [0.3, 0.4) is 0 Å². The van der Waals surface area contributed by atoms with E-state index in [1.165, 1.54) is 24.3 Å². The molecule has 0 fully saturated rings. The molecule has 0 spiro atoms. The van der Waals surface area contributed by atoms with Gasteiger partial charge in [0, 0.05) is 16.6 Å². The van der Waals surface area contributed by atoms with E-state index in [-0.39, 0.29) is 17.0 Å². The van der Waals surface area contributed by atoms with Crippen molar-refractivity contribution in [2.75, 3.05) is 0 Å². The summed E-state index contributed by atoms with van der Waals surface area (Å²) in [6.45, 7) is 0. The van der Waals surface area contributed by atoms with E-state index < -0.39 is 23.5 Å². The van der Waals surface area contributed by atoms with E-state index in [0.29, 0.717) is 5.56 Å². The largest absolute Gasteiger partial charge is 0.324 e. The van der Waals surface area contributed by atoms with Gasteiger partial charge in [0.15, 0.2) is 0 Å². The van der Waals surface area contributed by atoms with E-state index >= 15 is 0 Å². The third-order valence-corrected chi connectivity index (χ3v) is 3.19. The first kappa shape index (κ1) is 13.9. The van der Waals surface area contributed by atoms with Crippen molar-refractivity contribution >= 4 is 11.6 Å². The summed E-state index contributed by atoms with van der Waals surface area (Å²) in [6.07, 6.45) is -0.0956. The molecule has 1 unspecified atom stereocenters. The number of halogens is 4. The summed E-state index contributed by atoms with van der Waals surface area (Å²) in [5.41, 5.74) is 6.04. The fraction of sp³-hybridized carbons (Fsp3) is 0.143. The fourth-order valence-electron chi connectivity index (χ4n) is 1.86. The minimum absolute atomic E-state index is 0.0956. The van der Waals surface area contributed by atoms with Crippen molar-refractivity contribution in [1.29, 1.82) is 0 Å². The lowest BCUT2D eigenvalue weighted by molar-refractivity contribution is 0.539. The third-order valence-electron chi connectivity index (χ3n) is 2.84. The van der Waals surface area contributed by atoms with Gasteiger partial charge >= 0.3 is 0 Å². The monoisotopic (exact) mass is 285 g/mol. The minimum Gasteiger partial charge on any atom is -0.324 e. The first-order valence-corrected chi connectivity index (χ1v) is 6.00. The van der Waals surface area contributed by atoms with Crippen LogP contribution in [0, 0.1) is 17.5 Å². The van der Waals surface area contributed by atoms with E-state index in [1.807, 2.05) is 0 Å². The Morgan fingerprint density at radius 2 is 1.68 bits per heavy atom. The van der Waals surface area contributed by atoms with Gasteiger partial charge in [-0.15, -0.1) is 0 Å². The molecule has 1 nitrogen and oxygen atoms in total. The second kappa shape index (κ2) is 5.63. The van der Waals surface area contributed by atoms with Crippen molar-refractivity contribution in [3.8, 4) is 0 Å². The molecule has 0 saturated carbocycles. The third kappa shape index (κ3) is 3.08. The summed E-state index contributed by atoms with van der Waals surface area (Å²) in [6, 6.07) is 6.53. The number of hydrogen-bond acceptors (Lipinski definition) is 1. The summed E-state index contributed by atoms with van der Waals surface area (Å²) in [7, 11) is 0. The molecule has 0 saturated heterocycles. The normalized spacial score (nSPS) is 12.5. The zero-order valence-corrected chi connectivity index (χ0v) is 10.6. The Hall–Kier alpha value is -1.52.